The predicted molar refractivity (Wildman–Crippen MR) is 75.9 cm³/mol. The molecule has 0 saturated carbocycles. The van der Waals surface area contributed by atoms with E-state index >= 15 is 0 Å². The number of nitrogens with one attached hydrogen (secondary N) is 2. The molecule has 2 N–H and O–H groups in total. The van der Waals surface area contributed by atoms with E-state index in [4.69, 9.17) is 4.74 Å². The molecule has 0 saturated heterocycles. The molecule has 1 aromatic carbocycles. The molecular formula is C15H20N2O2. The van der Waals surface area contributed by atoms with E-state index in [1.807, 2.05) is 30.3 Å². The molecule has 0 radical (unpaired) electrons. The Morgan fingerprint density at radius 1 is 1.42 bits per heavy atom. The van der Waals surface area contributed by atoms with Crippen molar-refractivity contribution in [2.45, 2.75) is 25.4 Å². The van der Waals surface area contributed by atoms with Crippen LogP contribution >= 0.6 is 0 Å². The van der Waals surface area contributed by atoms with Crippen LogP contribution in [0.2, 0.25) is 0 Å². The Morgan fingerprint density at radius 3 is 3.00 bits per heavy atom. The van der Waals surface area contributed by atoms with Crippen LogP contribution in [0.25, 0.3) is 0 Å². The first kappa shape index (κ1) is 13.5. The lowest BCUT2D eigenvalue weighted by Gasteiger charge is -2.21. The van der Waals surface area contributed by atoms with Gasteiger partial charge in [-0.2, -0.15) is 0 Å². The summed E-state index contributed by atoms with van der Waals surface area (Å²) in [7, 11) is 1.65. The third kappa shape index (κ3) is 4.02. The van der Waals surface area contributed by atoms with Crippen molar-refractivity contribution in [3.05, 3.63) is 42.2 Å². The van der Waals surface area contributed by atoms with Gasteiger partial charge in [0.2, 0.25) is 5.91 Å². The Labute approximate surface area is 113 Å². The molecule has 1 aliphatic rings. The van der Waals surface area contributed by atoms with Crippen LogP contribution in [-0.2, 0) is 16.0 Å². The highest BCUT2D eigenvalue weighted by Gasteiger charge is 2.12. The van der Waals surface area contributed by atoms with Gasteiger partial charge in [0.15, 0.2) is 0 Å². The van der Waals surface area contributed by atoms with Crippen molar-refractivity contribution >= 4 is 11.6 Å². The first-order valence-corrected chi connectivity index (χ1v) is 6.62. The minimum absolute atomic E-state index is 0.0195. The quantitative estimate of drug-likeness (QED) is 0.852. The molecular weight excluding hydrogens is 240 g/mol. The number of amides is 1. The number of likely N-dealkylation sites (N-methyl/N-ethyl adjacent to an activating group) is 1. The number of ether oxygens (including phenoxy) is 1. The summed E-state index contributed by atoms with van der Waals surface area (Å²) in [6.45, 7) is 0.759. The van der Waals surface area contributed by atoms with Crippen molar-refractivity contribution in [3.8, 4) is 0 Å². The lowest BCUT2D eigenvalue weighted by atomic mass is 10.1. The molecule has 4 nitrogen and oxygen atoms in total. The Morgan fingerprint density at radius 2 is 2.26 bits per heavy atom. The van der Waals surface area contributed by atoms with E-state index < -0.39 is 0 Å². The van der Waals surface area contributed by atoms with E-state index in [-0.39, 0.29) is 12.0 Å². The fourth-order valence-corrected chi connectivity index (χ4v) is 2.07. The maximum Gasteiger partial charge on any atom is 0.224 e. The van der Waals surface area contributed by atoms with E-state index in [1.54, 1.807) is 13.3 Å². The molecule has 102 valence electrons. The van der Waals surface area contributed by atoms with Gasteiger partial charge in [-0.25, -0.2) is 0 Å². The minimum Gasteiger partial charge on any atom is -0.497 e. The van der Waals surface area contributed by atoms with Crippen molar-refractivity contribution in [1.29, 1.82) is 0 Å². The zero-order valence-corrected chi connectivity index (χ0v) is 11.2. The van der Waals surface area contributed by atoms with Crippen LogP contribution in [0, 0.1) is 0 Å². The average molecular weight is 260 g/mol. The maximum atomic E-state index is 11.5. The topological polar surface area (TPSA) is 50.4 Å². The smallest absolute Gasteiger partial charge is 0.224 e. The van der Waals surface area contributed by atoms with Gasteiger partial charge in [0.05, 0.1) is 19.2 Å². The lowest BCUT2D eigenvalue weighted by molar-refractivity contribution is -0.119. The second-order valence-electron chi connectivity index (χ2n) is 4.60. The molecule has 1 unspecified atom stereocenters. The van der Waals surface area contributed by atoms with Gasteiger partial charge in [-0.15, -0.1) is 0 Å². The van der Waals surface area contributed by atoms with Crippen molar-refractivity contribution in [3.63, 3.8) is 0 Å². The molecule has 1 heterocycles. The van der Waals surface area contributed by atoms with Gasteiger partial charge in [0.1, 0.15) is 6.10 Å². The summed E-state index contributed by atoms with van der Waals surface area (Å²) >= 11 is 0. The molecule has 4 heteroatoms. The van der Waals surface area contributed by atoms with E-state index in [0.29, 0.717) is 6.42 Å². The number of carbonyl (C=O) groups is 1. The molecule has 1 atom stereocenters. The Balaban J connectivity index is 1.95. The maximum absolute atomic E-state index is 11.5. The first-order chi connectivity index (χ1) is 9.29. The number of benzene rings is 1. The number of para-hydroxylation sites is 1. The second-order valence-corrected chi connectivity index (χ2v) is 4.60. The first-order valence-electron chi connectivity index (χ1n) is 6.62. The Kier molecular flexibility index (Phi) is 4.84. The van der Waals surface area contributed by atoms with Crippen molar-refractivity contribution < 1.29 is 9.53 Å². The molecule has 0 aromatic heterocycles. The van der Waals surface area contributed by atoms with Crippen LogP contribution in [0.15, 0.2) is 36.6 Å². The number of rotatable bonds is 5. The van der Waals surface area contributed by atoms with Crippen LogP contribution in [0.5, 0.6) is 0 Å². The Bertz CT molecular complexity index is 457. The highest BCUT2D eigenvalue weighted by Crippen LogP contribution is 2.17. The lowest BCUT2D eigenvalue weighted by Crippen LogP contribution is -2.24. The summed E-state index contributed by atoms with van der Waals surface area (Å²) in [4.78, 5) is 11.5. The van der Waals surface area contributed by atoms with Gasteiger partial charge in [-0.1, -0.05) is 18.2 Å². The summed E-state index contributed by atoms with van der Waals surface area (Å²) in [5.74, 6) is 0.0195. The molecule has 0 spiro atoms. The number of hydrogen-bond acceptors (Lipinski definition) is 3. The fraction of sp³-hybridized carbons (Fsp3) is 0.400. The zero-order valence-electron chi connectivity index (χ0n) is 11.2. The SMILES string of the molecule is CNC(=O)Cc1ccccc1NCC1CCC=CO1. The van der Waals surface area contributed by atoms with Crippen LogP contribution in [0.3, 0.4) is 0 Å². The van der Waals surface area contributed by atoms with E-state index in [0.717, 1.165) is 30.6 Å². The predicted octanol–water partition coefficient (Wildman–Crippen LogP) is 2.08. The summed E-state index contributed by atoms with van der Waals surface area (Å²) in [6, 6.07) is 7.89. The molecule has 1 amide bonds. The monoisotopic (exact) mass is 260 g/mol. The van der Waals surface area contributed by atoms with Crippen LogP contribution in [0.4, 0.5) is 5.69 Å². The largest absolute Gasteiger partial charge is 0.497 e. The van der Waals surface area contributed by atoms with Gasteiger partial charge < -0.3 is 15.4 Å². The third-order valence-electron chi connectivity index (χ3n) is 3.19. The average Bonchev–Trinajstić information content (AvgIpc) is 2.47. The molecule has 1 aliphatic heterocycles. The molecule has 0 bridgehead atoms. The summed E-state index contributed by atoms with van der Waals surface area (Å²) < 4.78 is 5.52. The molecule has 1 aromatic rings. The molecule has 0 aliphatic carbocycles. The minimum atomic E-state index is 0.0195. The normalized spacial score (nSPS) is 17.6. The van der Waals surface area contributed by atoms with Gasteiger partial charge in [0, 0.05) is 12.7 Å². The third-order valence-corrected chi connectivity index (χ3v) is 3.19. The van der Waals surface area contributed by atoms with Crippen LogP contribution < -0.4 is 10.6 Å². The summed E-state index contributed by atoms with van der Waals surface area (Å²) in [5.41, 5.74) is 2.01. The summed E-state index contributed by atoms with van der Waals surface area (Å²) in [5, 5.41) is 6.02. The van der Waals surface area contributed by atoms with E-state index in [1.165, 1.54) is 0 Å². The second kappa shape index (κ2) is 6.83. The van der Waals surface area contributed by atoms with Gasteiger partial charge in [-0.3, -0.25) is 4.79 Å². The van der Waals surface area contributed by atoms with Crippen LogP contribution in [0.1, 0.15) is 18.4 Å². The zero-order chi connectivity index (χ0) is 13.5. The van der Waals surface area contributed by atoms with Gasteiger partial charge >= 0.3 is 0 Å². The number of carbonyl (C=O) groups excluding carboxylic acids is 1. The van der Waals surface area contributed by atoms with Gasteiger partial charge in [-0.05, 0) is 30.5 Å². The number of allylic oxidation sites excluding steroid dienone is 1. The van der Waals surface area contributed by atoms with Crippen molar-refractivity contribution in [1.82, 2.24) is 5.32 Å². The van der Waals surface area contributed by atoms with Crippen molar-refractivity contribution in [2.75, 3.05) is 18.9 Å². The Hall–Kier alpha value is -1.97. The van der Waals surface area contributed by atoms with E-state index in [2.05, 4.69) is 10.6 Å². The van der Waals surface area contributed by atoms with E-state index in [9.17, 15) is 4.79 Å². The molecule has 19 heavy (non-hydrogen) atoms. The highest BCUT2D eigenvalue weighted by atomic mass is 16.5. The van der Waals surface area contributed by atoms with Crippen molar-refractivity contribution in [2.24, 2.45) is 0 Å². The number of hydrogen-bond donors (Lipinski definition) is 2. The van der Waals surface area contributed by atoms with Gasteiger partial charge in [0.25, 0.3) is 0 Å². The fourth-order valence-electron chi connectivity index (χ4n) is 2.07. The highest BCUT2D eigenvalue weighted by molar-refractivity contribution is 5.80. The standard InChI is InChI=1S/C15H20N2O2/c1-16-15(18)10-12-6-2-3-8-14(12)17-11-13-7-4-5-9-19-13/h2-3,5-6,8-9,13,17H,4,7,10-11H2,1H3,(H,16,18). The summed E-state index contributed by atoms with van der Waals surface area (Å²) in [6.07, 6.45) is 6.50. The molecule has 0 fully saturated rings. The molecule has 2 rings (SSSR count). The van der Waals surface area contributed by atoms with Crippen LogP contribution in [-0.4, -0.2) is 25.6 Å². The number of anilines is 1.